The molecule has 150 valence electrons. The lowest BCUT2D eigenvalue weighted by molar-refractivity contribution is 0.0745. The molecule has 0 aliphatic carbocycles. The van der Waals surface area contributed by atoms with Crippen LogP contribution in [-0.4, -0.2) is 35.5 Å². The van der Waals surface area contributed by atoms with Gasteiger partial charge in [-0.2, -0.15) is 0 Å². The number of thioether (sulfide) groups is 1. The fraction of sp³-hybridized carbons (Fsp3) is 0.273. The summed E-state index contributed by atoms with van der Waals surface area (Å²) in [6.45, 7) is 4.16. The van der Waals surface area contributed by atoms with E-state index in [2.05, 4.69) is 4.98 Å². The lowest BCUT2D eigenvalue weighted by atomic mass is 10.1. The Morgan fingerprint density at radius 3 is 2.86 bits per heavy atom. The van der Waals surface area contributed by atoms with Crippen molar-refractivity contribution in [2.24, 2.45) is 0 Å². The van der Waals surface area contributed by atoms with E-state index in [1.54, 1.807) is 23.1 Å². The normalized spacial score (nSPS) is 12.6. The fourth-order valence-corrected chi connectivity index (χ4v) is 4.80. The Kier molecular flexibility index (Phi) is 6.36. The average molecular weight is 427 g/mol. The van der Waals surface area contributed by atoms with Crippen LogP contribution in [0.4, 0.5) is 0 Å². The van der Waals surface area contributed by atoms with Gasteiger partial charge in [0.15, 0.2) is 11.5 Å². The van der Waals surface area contributed by atoms with Gasteiger partial charge in [0.1, 0.15) is 13.2 Å². The summed E-state index contributed by atoms with van der Waals surface area (Å²) in [7, 11) is 0. The Morgan fingerprint density at radius 1 is 1.17 bits per heavy atom. The molecule has 1 aliphatic heterocycles. The zero-order valence-corrected chi connectivity index (χ0v) is 17.8. The van der Waals surface area contributed by atoms with Crippen LogP contribution in [0.3, 0.4) is 0 Å². The summed E-state index contributed by atoms with van der Waals surface area (Å²) in [6.07, 6.45) is 0. The van der Waals surface area contributed by atoms with Gasteiger partial charge < -0.3 is 14.4 Å². The number of hydrogen-bond donors (Lipinski definition) is 0. The van der Waals surface area contributed by atoms with E-state index < -0.39 is 0 Å². The van der Waals surface area contributed by atoms with Gasteiger partial charge in [0.25, 0.3) is 5.91 Å². The highest BCUT2D eigenvalue weighted by atomic mass is 32.2. The van der Waals surface area contributed by atoms with E-state index in [0.29, 0.717) is 26.3 Å². The third kappa shape index (κ3) is 4.57. The molecule has 1 amide bonds. The highest BCUT2D eigenvalue weighted by molar-refractivity contribution is 7.98. The Balaban J connectivity index is 1.54. The molecule has 7 heteroatoms. The maximum Gasteiger partial charge on any atom is 0.255 e. The molecule has 0 saturated carbocycles. The fourth-order valence-electron chi connectivity index (χ4n) is 3.19. The van der Waals surface area contributed by atoms with Crippen LogP contribution in [0.25, 0.3) is 0 Å². The molecule has 1 aliphatic rings. The third-order valence-electron chi connectivity index (χ3n) is 4.65. The molecule has 1 aromatic heterocycles. The number of benzene rings is 2. The minimum Gasteiger partial charge on any atom is -0.486 e. The molecule has 29 heavy (non-hydrogen) atoms. The van der Waals surface area contributed by atoms with E-state index in [1.165, 1.54) is 0 Å². The number of hydrogen-bond acceptors (Lipinski definition) is 6. The molecule has 0 bridgehead atoms. The molecule has 0 fully saturated rings. The van der Waals surface area contributed by atoms with Gasteiger partial charge in [0, 0.05) is 34.7 Å². The first-order chi connectivity index (χ1) is 14.3. The topological polar surface area (TPSA) is 51.7 Å². The number of amides is 1. The number of carbonyl (C=O) groups excluding carboxylic acids is 1. The minimum absolute atomic E-state index is 0.0169. The SMILES string of the molecule is CCN(Cc1cccc2c1OCCO2)C(=O)c1ccccc1SCc1cscn1. The Morgan fingerprint density at radius 2 is 2.03 bits per heavy atom. The van der Waals surface area contributed by atoms with Gasteiger partial charge in [-0.25, -0.2) is 4.98 Å². The van der Waals surface area contributed by atoms with Crippen molar-refractivity contribution in [1.82, 2.24) is 9.88 Å². The number of thiazole rings is 1. The molecule has 3 aromatic rings. The van der Waals surface area contributed by atoms with Crippen molar-refractivity contribution >= 4 is 29.0 Å². The van der Waals surface area contributed by atoms with Crippen LogP contribution >= 0.6 is 23.1 Å². The Bertz CT molecular complexity index is 976. The predicted molar refractivity (Wildman–Crippen MR) is 116 cm³/mol. The highest BCUT2D eigenvalue weighted by Gasteiger charge is 2.22. The molecule has 5 nitrogen and oxygen atoms in total. The van der Waals surface area contributed by atoms with Crippen LogP contribution < -0.4 is 9.47 Å². The lowest BCUT2D eigenvalue weighted by Gasteiger charge is -2.26. The number of fused-ring (bicyclic) bond motifs is 1. The van der Waals surface area contributed by atoms with E-state index in [0.717, 1.165) is 39.0 Å². The summed E-state index contributed by atoms with van der Waals surface area (Å²) in [5, 5.41) is 2.04. The molecule has 2 heterocycles. The van der Waals surface area contributed by atoms with Crippen LogP contribution in [0.1, 0.15) is 28.5 Å². The van der Waals surface area contributed by atoms with Crippen LogP contribution in [0.15, 0.2) is 58.3 Å². The van der Waals surface area contributed by atoms with E-state index in [9.17, 15) is 4.79 Å². The highest BCUT2D eigenvalue weighted by Crippen LogP contribution is 2.35. The largest absolute Gasteiger partial charge is 0.486 e. The standard InChI is InChI=1S/C22H22N2O3S2/c1-2-24(12-16-6-5-8-19-21(16)27-11-10-26-19)22(25)18-7-3-4-9-20(18)29-14-17-13-28-15-23-17/h3-9,13,15H,2,10-12,14H2,1H3. The van der Waals surface area contributed by atoms with Crippen LogP contribution in [-0.2, 0) is 12.3 Å². The van der Waals surface area contributed by atoms with Gasteiger partial charge >= 0.3 is 0 Å². The number of para-hydroxylation sites is 1. The second-order valence-corrected chi connectivity index (χ2v) is 8.26. The van der Waals surface area contributed by atoms with Crippen molar-refractivity contribution in [1.29, 1.82) is 0 Å². The van der Waals surface area contributed by atoms with Crippen molar-refractivity contribution in [3.63, 3.8) is 0 Å². The van der Waals surface area contributed by atoms with Gasteiger partial charge in [-0.15, -0.1) is 23.1 Å². The summed E-state index contributed by atoms with van der Waals surface area (Å²) in [5.74, 6) is 2.26. The molecule has 0 radical (unpaired) electrons. The molecule has 0 N–H and O–H groups in total. The van der Waals surface area contributed by atoms with Crippen molar-refractivity contribution in [3.8, 4) is 11.5 Å². The molecule has 0 saturated heterocycles. The first-order valence-electron chi connectivity index (χ1n) is 9.52. The molecule has 0 spiro atoms. The number of nitrogens with zero attached hydrogens (tertiary/aromatic N) is 2. The molecule has 0 unspecified atom stereocenters. The van der Waals surface area contributed by atoms with E-state index in [-0.39, 0.29) is 5.91 Å². The first kappa shape index (κ1) is 19.8. The zero-order valence-electron chi connectivity index (χ0n) is 16.2. The van der Waals surface area contributed by atoms with E-state index in [4.69, 9.17) is 9.47 Å². The predicted octanol–water partition coefficient (Wildman–Crippen LogP) is 4.87. The molecule has 2 aromatic carbocycles. The summed E-state index contributed by atoms with van der Waals surface area (Å²) < 4.78 is 11.5. The Hall–Kier alpha value is -2.51. The third-order valence-corrected chi connectivity index (χ3v) is 6.40. The summed E-state index contributed by atoms with van der Waals surface area (Å²) in [6, 6.07) is 13.6. The number of aromatic nitrogens is 1. The van der Waals surface area contributed by atoms with Gasteiger partial charge in [-0.3, -0.25) is 4.79 Å². The van der Waals surface area contributed by atoms with Crippen molar-refractivity contribution in [2.45, 2.75) is 24.1 Å². The smallest absolute Gasteiger partial charge is 0.255 e. The number of ether oxygens (including phenoxy) is 2. The summed E-state index contributed by atoms with van der Waals surface area (Å²) in [4.78, 5) is 20.5. The van der Waals surface area contributed by atoms with Gasteiger partial charge in [0.05, 0.1) is 16.8 Å². The van der Waals surface area contributed by atoms with Crippen molar-refractivity contribution < 1.29 is 14.3 Å². The Labute approximate surface area is 178 Å². The number of rotatable bonds is 7. The number of carbonyl (C=O) groups is 1. The average Bonchev–Trinajstić information content (AvgIpc) is 3.29. The van der Waals surface area contributed by atoms with Gasteiger partial charge in [-0.05, 0) is 25.1 Å². The van der Waals surface area contributed by atoms with Crippen LogP contribution in [0.2, 0.25) is 0 Å². The molecular weight excluding hydrogens is 404 g/mol. The second-order valence-electron chi connectivity index (χ2n) is 6.53. The van der Waals surface area contributed by atoms with E-state index in [1.807, 2.05) is 65.2 Å². The van der Waals surface area contributed by atoms with Crippen molar-refractivity contribution in [3.05, 3.63) is 70.2 Å². The quantitative estimate of drug-likeness (QED) is 0.505. The molecular formula is C22H22N2O3S2. The maximum absolute atomic E-state index is 13.4. The first-order valence-corrected chi connectivity index (χ1v) is 11.4. The van der Waals surface area contributed by atoms with Crippen molar-refractivity contribution in [2.75, 3.05) is 19.8 Å². The van der Waals surface area contributed by atoms with Gasteiger partial charge in [0.2, 0.25) is 0 Å². The van der Waals surface area contributed by atoms with Crippen LogP contribution in [0, 0.1) is 0 Å². The van der Waals surface area contributed by atoms with Gasteiger partial charge in [-0.1, -0.05) is 24.3 Å². The maximum atomic E-state index is 13.4. The lowest BCUT2D eigenvalue weighted by Crippen LogP contribution is -2.31. The summed E-state index contributed by atoms with van der Waals surface area (Å²) in [5.41, 5.74) is 4.54. The minimum atomic E-state index is 0.0169. The van der Waals surface area contributed by atoms with E-state index >= 15 is 0 Å². The monoisotopic (exact) mass is 426 g/mol. The summed E-state index contributed by atoms with van der Waals surface area (Å²) >= 11 is 3.23. The molecule has 0 atom stereocenters. The molecule has 4 rings (SSSR count). The van der Waals surface area contributed by atoms with Crippen LogP contribution in [0.5, 0.6) is 11.5 Å². The zero-order chi connectivity index (χ0) is 20.1. The second kappa shape index (κ2) is 9.33.